The first-order chi connectivity index (χ1) is 11.0. The second-order valence-corrected chi connectivity index (χ2v) is 6.38. The Balaban J connectivity index is 1.96. The van der Waals surface area contributed by atoms with Gasteiger partial charge in [0.25, 0.3) is 0 Å². The van der Waals surface area contributed by atoms with Crippen LogP contribution in [0.1, 0.15) is 30.9 Å². The molecule has 2 rings (SSSR count). The van der Waals surface area contributed by atoms with Gasteiger partial charge < -0.3 is 5.32 Å². The molecule has 2 aromatic carbocycles. The van der Waals surface area contributed by atoms with Gasteiger partial charge in [-0.2, -0.15) is 0 Å². The molecule has 0 unspecified atom stereocenters. The molecule has 0 aliphatic carbocycles. The van der Waals surface area contributed by atoms with Gasteiger partial charge in [0.2, 0.25) is 5.91 Å². The van der Waals surface area contributed by atoms with Crippen molar-refractivity contribution in [2.24, 2.45) is 5.92 Å². The van der Waals surface area contributed by atoms with Crippen molar-refractivity contribution in [3.63, 3.8) is 0 Å². The first-order valence-electron chi connectivity index (χ1n) is 7.75. The molecule has 23 heavy (non-hydrogen) atoms. The van der Waals surface area contributed by atoms with Crippen LogP contribution in [0.15, 0.2) is 48.5 Å². The minimum absolute atomic E-state index is 0.00411. The molecule has 0 aromatic heterocycles. The molecule has 0 heterocycles. The van der Waals surface area contributed by atoms with E-state index in [-0.39, 0.29) is 23.6 Å². The number of nitrogens with one attached hydrogen (secondary N) is 1. The van der Waals surface area contributed by atoms with Crippen molar-refractivity contribution < 1.29 is 9.18 Å². The van der Waals surface area contributed by atoms with Gasteiger partial charge in [0.05, 0.1) is 5.92 Å². The van der Waals surface area contributed by atoms with Gasteiger partial charge in [-0.05, 0) is 47.7 Å². The fourth-order valence-corrected chi connectivity index (χ4v) is 2.73. The third-order valence-electron chi connectivity index (χ3n) is 3.80. The molecular formula is C19H21ClFNO. The summed E-state index contributed by atoms with van der Waals surface area (Å²) in [5.74, 6) is -0.271. The van der Waals surface area contributed by atoms with Crippen LogP contribution in [0.4, 0.5) is 4.39 Å². The number of carbonyl (C=O) groups is 1. The van der Waals surface area contributed by atoms with E-state index < -0.39 is 0 Å². The number of hydrogen-bond acceptors (Lipinski definition) is 1. The smallest absolute Gasteiger partial charge is 0.227 e. The Morgan fingerprint density at radius 1 is 1.09 bits per heavy atom. The number of rotatable bonds is 6. The van der Waals surface area contributed by atoms with Crippen molar-refractivity contribution in [3.8, 4) is 0 Å². The van der Waals surface area contributed by atoms with Gasteiger partial charge in [0.15, 0.2) is 0 Å². The van der Waals surface area contributed by atoms with E-state index >= 15 is 0 Å². The number of carbonyl (C=O) groups excluding carboxylic acids is 1. The molecule has 0 fully saturated rings. The van der Waals surface area contributed by atoms with E-state index in [1.165, 1.54) is 12.1 Å². The maximum absolute atomic E-state index is 12.9. The average molecular weight is 334 g/mol. The summed E-state index contributed by atoms with van der Waals surface area (Å²) in [7, 11) is 0. The highest BCUT2D eigenvalue weighted by atomic mass is 35.5. The summed E-state index contributed by atoms with van der Waals surface area (Å²) in [5, 5.41) is 3.63. The average Bonchev–Trinajstić information content (AvgIpc) is 2.51. The lowest BCUT2D eigenvalue weighted by Crippen LogP contribution is -2.33. The Morgan fingerprint density at radius 2 is 1.70 bits per heavy atom. The van der Waals surface area contributed by atoms with Crippen LogP contribution in [0.25, 0.3) is 0 Å². The van der Waals surface area contributed by atoms with Crippen molar-refractivity contribution in [1.82, 2.24) is 5.32 Å². The molecule has 2 aromatic rings. The van der Waals surface area contributed by atoms with Crippen LogP contribution in [0, 0.1) is 11.7 Å². The molecule has 122 valence electrons. The van der Waals surface area contributed by atoms with Gasteiger partial charge in [0, 0.05) is 11.6 Å². The van der Waals surface area contributed by atoms with Crippen molar-refractivity contribution in [2.45, 2.75) is 26.2 Å². The maximum atomic E-state index is 12.9. The summed E-state index contributed by atoms with van der Waals surface area (Å²) in [6.07, 6.45) is 0.678. The molecule has 2 nitrogen and oxygen atoms in total. The largest absolute Gasteiger partial charge is 0.355 e. The van der Waals surface area contributed by atoms with Gasteiger partial charge in [-0.1, -0.05) is 49.7 Å². The quantitative estimate of drug-likeness (QED) is 0.823. The van der Waals surface area contributed by atoms with Crippen molar-refractivity contribution in [3.05, 3.63) is 70.5 Å². The van der Waals surface area contributed by atoms with Gasteiger partial charge in [-0.15, -0.1) is 0 Å². The Hall–Kier alpha value is -1.87. The Kier molecular flexibility index (Phi) is 6.17. The third kappa shape index (κ3) is 5.07. The minimum Gasteiger partial charge on any atom is -0.355 e. The van der Waals surface area contributed by atoms with Crippen LogP contribution in [0.5, 0.6) is 0 Å². The fraction of sp³-hybridized carbons (Fsp3) is 0.316. The minimum atomic E-state index is -0.250. The van der Waals surface area contributed by atoms with E-state index in [1.54, 1.807) is 24.3 Å². The zero-order valence-corrected chi connectivity index (χ0v) is 14.1. The molecule has 0 radical (unpaired) electrons. The summed E-state index contributed by atoms with van der Waals surface area (Å²) in [5.41, 5.74) is 1.96. The predicted octanol–water partition coefficient (Wildman–Crippen LogP) is 4.58. The predicted molar refractivity (Wildman–Crippen MR) is 92.1 cm³/mol. The molecule has 0 saturated carbocycles. The van der Waals surface area contributed by atoms with Crippen LogP contribution >= 0.6 is 11.6 Å². The molecule has 1 N–H and O–H groups in total. The van der Waals surface area contributed by atoms with Gasteiger partial charge in [-0.3, -0.25) is 4.79 Å². The van der Waals surface area contributed by atoms with E-state index in [1.807, 2.05) is 26.0 Å². The normalized spacial score (nSPS) is 12.2. The second-order valence-electron chi connectivity index (χ2n) is 5.94. The highest BCUT2D eigenvalue weighted by Gasteiger charge is 2.23. The highest BCUT2D eigenvalue weighted by Crippen LogP contribution is 2.25. The molecule has 4 heteroatoms. The highest BCUT2D eigenvalue weighted by molar-refractivity contribution is 6.30. The summed E-state index contributed by atoms with van der Waals surface area (Å²) in [4.78, 5) is 12.5. The van der Waals surface area contributed by atoms with E-state index in [0.29, 0.717) is 18.0 Å². The molecule has 0 aliphatic rings. The molecular weight excluding hydrogens is 313 g/mol. The maximum Gasteiger partial charge on any atom is 0.227 e. The SMILES string of the molecule is CC(C)[C@@H](C(=O)NCCc1ccc(F)cc1)c1ccc(Cl)cc1. The second kappa shape index (κ2) is 8.11. The molecule has 1 atom stereocenters. The molecule has 0 aliphatic heterocycles. The van der Waals surface area contributed by atoms with Gasteiger partial charge >= 0.3 is 0 Å². The van der Waals surface area contributed by atoms with Crippen molar-refractivity contribution in [1.29, 1.82) is 0 Å². The monoisotopic (exact) mass is 333 g/mol. The van der Waals surface area contributed by atoms with Crippen LogP contribution in [-0.2, 0) is 11.2 Å². The topological polar surface area (TPSA) is 29.1 Å². The van der Waals surface area contributed by atoms with Crippen LogP contribution < -0.4 is 5.32 Å². The van der Waals surface area contributed by atoms with E-state index in [2.05, 4.69) is 5.32 Å². The van der Waals surface area contributed by atoms with Crippen LogP contribution in [0.2, 0.25) is 5.02 Å². The molecule has 0 bridgehead atoms. The lowest BCUT2D eigenvalue weighted by Gasteiger charge is -2.21. The van der Waals surface area contributed by atoms with E-state index in [9.17, 15) is 9.18 Å². The van der Waals surface area contributed by atoms with E-state index in [4.69, 9.17) is 11.6 Å². The zero-order chi connectivity index (χ0) is 16.8. The number of benzene rings is 2. The molecule has 0 saturated heterocycles. The van der Waals surface area contributed by atoms with Gasteiger partial charge in [-0.25, -0.2) is 4.39 Å². The zero-order valence-electron chi connectivity index (χ0n) is 13.4. The third-order valence-corrected chi connectivity index (χ3v) is 4.06. The Labute approximate surface area is 141 Å². The van der Waals surface area contributed by atoms with Crippen molar-refractivity contribution >= 4 is 17.5 Å². The van der Waals surface area contributed by atoms with Gasteiger partial charge in [0.1, 0.15) is 5.82 Å². The molecule has 0 spiro atoms. The fourth-order valence-electron chi connectivity index (χ4n) is 2.60. The number of hydrogen-bond donors (Lipinski definition) is 1. The summed E-state index contributed by atoms with van der Waals surface area (Å²) in [6, 6.07) is 13.7. The Morgan fingerprint density at radius 3 is 2.26 bits per heavy atom. The first kappa shape index (κ1) is 17.5. The molecule has 1 amide bonds. The summed E-state index contributed by atoms with van der Waals surface area (Å²) >= 11 is 5.91. The van der Waals surface area contributed by atoms with Crippen LogP contribution in [0.3, 0.4) is 0 Å². The number of amides is 1. The van der Waals surface area contributed by atoms with E-state index in [0.717, 1.165) is 11.1 Å². The summed E-state index contributed by atoms with van der Waals surface area (Å²) < 4.78 is 12.9. The summed E-state index contributed by atoms with van der Waals surface area (Å²) in [6.45, 7) is 4.58. The Bertz CT molecular complexity index is 637. The first-order valence-corrected chi connectivity index (χ1v) is 8.13. The van der Waals surface area contributed by atoms with Crippen LogP contribution in [-0.4, -0.2) is 12.5 Å². The number of halogens is 2. The van der Waals surface area contributed by atoms with Crippen molar-refractivity contribution in [2.75, 3.05) is 6.54 Å². The lowest BCUT2D eigenvalue weighted by molar-refractivity contribution is -0.123. The standard InChI is InChI=1S/C19H21ClFNO/c1-13(2)18(15-5-7-16(20)8-6-15)19(23)22-12-11-14-3-9-17(21)10-4-14/h3-10,13,18H,11-12H2,1-2H3,(H,22,23)/t18-/m1/s1. The lowest BCUT2D eigenvalue weighted by atomic mass is 9.87.